The van der Waals surface area contributed by atoms with E-state index in [-0.39, 0.29) is 18.8 Å². The van der Waals surface area contributed by atoms with E-state index in [2.05, 4.69) is 4.98 Å². The maximum absolute atomic E-state index is 12.6. The van der Waals surface area contributed by atoms with E-state index < -0.39 is 29.9 Å². The van der Waals surface area contributed by atoms with Crippen LogP contribution >= 0.6 is 0 Å². The molecule has 0 spiro atoms. The molecule has 1 saturated heterocycles. The van der Waals surface area contributed by atoms with Crippen LogP contribution in [0.1, 0.15) is 12.0 Å². The summed E-state index contributed by atoms with van der Waals surface area (Å²) < 4.78 is 37.7. The van der Waals surface area contributed by atoms with Crippen LogP contribution in [0.4, 0.5) is 19.0 Å². The molecule has 0 aromatic carbocycles. The third kappa shape index (κ3) is 2.78. The Hall–Kier alpha value is -1.83. The molecule has 2 rings (SSSR count). The third-order valence-corrected chi connectivity index (χ3v) is 2.93. The second-order valence-corrected chi connectivity index (χ2v) is 4.30. The summed E-state index contributed by atoms with van der Waals surface area (Å²) in [6, 6.07) is 0.533. The first-order chi connectivity index (χ1) is 8.79. The lowest BCUT2D eigenvalue weighted by Crippen LogP contribution is -2.36. The summed E-state index contributed by atoms with van der Waals surface area (Å²) in [6.07, 6.45) is -4.47. The van der Waals surface area contributed by atoms with E-state index >= 15 is 0 Å². The number of β-amino-alcohol motifs (C(OH)–C–C–N with tert-alkyl or cyclic N) is 1. The Labute approximate surface area is 106 Å². The van der Waals surface area contributed by atoms with E-state index in [4.69, 9.17) is 5.11 Å². The van der Waals surface area contributed by atoms with E-state index in [0.29, 0.717) is 0 Å². The van der Waals surface area contributed by atoms with Gasteiger partial charge in [0.05, 0.1) is 11.7 Å². The number of pyridine rings is 1. The molecular weight excluding hydrogens is 265 g/mol. The number of hydrogen-bond donors (Lipinski definition) is 2. The SMILES string of the molecule is O=C(O)C1CC(O)CN1c1cc(C(F)(F)F)ccn1. The first kappa shape index (κ1) is 13.6. The summed E-state index contributed by atoms with van der Waals surface area (Å²) in [5.74, 6) is -1.30. The van der Waals surface area contributed by atoms with Crippen molar-refractivity contribution in [2.24, 2.45) is 0 Å². The van der Waals surface area contributed by atoms with Gasteiger partial charge < -0.3 is 15.1 Å². The highest BCUT2D eigenvalue weighted by atomic mass is 19.4. The molecule has 1 aliphatic heterocycles. The van der Waals surface area contributed by atoms with E-state index in [1.807, 2.05) is 0 Å². The van der Waals surface area contributed by atoms with Crippen molar-refractivity contribution < 1.29 is 28.2 Å². The van der Waals surface area contributed by atoms with Gasteiger partial charge in [0.15, 0.2) is 0 Å². The molecule has 8 heteroatoms. The molecule has 104 valence electrons. The second kappa shape index (κ2) is 4.69. The smallest absolute Gasteiger partial charge is 0.416 e. The number of carbonyl (C=O) groups is 1. The average Bonchev–Trinajstić information content (AvgIpc) is 2.71. The van der Waals surface area contributed by atoms with Crippen LogP contribution in [0.15, 0.2) is 18.3 Å². The van der Waals surface area contributed by atoms with E-state index in [1.54, 1.807) is 0 Å². The van der Waals surface area contributed by atoms with Gasteiger partial charge in [-0.1, -0.05) is 0 Å². The van der Waals surface area contributed by atoms with Crippen LogP contribution in [-0.2, 0) is 11.0 Å². The number of aliphatic carboxylic acids is 1. The van der Waals surface area contributed by atoms with Gasteiger partial charge in [-0.15, -0.1) is 0 Å². The van der Waals surface area contributed by atoms with Crippen LogP contribution in [0.25, 0.3) is 0 Å². The molecule has 0 radical (unpaired) electrons. The lowest BCUT2D eigenvalue weighted by atomic mass is 10.2. The quantitative estimate of drug-likeness (QED) is 0.847. The van der Waals surface area contributed by atoms with E-state index in [9.17, 15) is 23.1 Å². The first-order valence-electron chi connectivity index (χ1n) is 5.50. The van der Waals surface area contributed by atoms with E-state index in [0.717, 1.165) is 18.3 Å². The molecule has 2 unspecified atom stereocenters. The zero-order valence-corrected chi connectivity index (χ0v) is 9.63. The normalized spacial score (nSPS) is 23.7. The monoisotopic (exact) mass is 276 g/mol. The summed E-state index contributed by atoms with van der Waals surface area (Å²) >= 11 is 0. The summed E-state index contributed by atoms with van der Waals surface area (Å²) in [6.45, 7) is -0.0503. The fourth-order valence-electron chi connectivity index (χ4n) is 2.05. The summed E-state index contributed by atoms with van der Waals surface area (Å²) in [7, 11) is 0. The zero-order chi connectivity index (χ0) is 14.2. The average molecular weight is 276 g/mol. The Morgan fingerprint density at radius 2 is 2.16 bits per heavy atom. The van der Waals surface area contributed by atoms with Gasteiger partial charge in [-0.3, -0.25) is 0 Å². The highest BCUT2D eigenvalue weighted by molar-refractivity contribution is 5.78. The van der Waals surface area contributed by atoms with Crippen molar-refractivity contribution in [1.29, 1.82) is 0 Å². The highest BCUT2D eigenvalue weighted by Crippen LogP contribution is 2.32. The Bertz CT molecular complexity index is 492. The number of carboxylic acids is 1. The number of aliphatic hydroxyl groups excluding tert-OH is 1. The third-order valence-electron chi connectivity index (χ3n) is 2.93. The van der Waals surface area contributed by atoms with Gasteiger partial charge in [0, 0.05) is 19.2 Å². The fourth-order valence-corrected chi connectivity index (χ4v) is 2.05. The van der Waals surface area contributed by atoms with Gasteiger partial charge in [-0.2, -0.15) is 13.2 Å². The largest absolute Gasteiger partial charge is 0.480 e. The predicted octanol–water partition coefficient (Wildman–Crippen LogP) is 1.12. The van der Waals surface area contributed by atoms with Crippen molar-refractivity contribution in [3.63, 3.8) is 0 Å². The van der Waals surface area contributed by atoms with Gasteiger partial charge >= 0.3 is 12.1 Å². The van der Waals surface area contributed by atoms with E-state index in [1.165, 1.54) is 4.90 Å². The predicted molar refractivity (Wildman–Crippen MR) is 58.6 cm³/mol. The maximum Gasteiger partial charge on any atom is 0.416 e. The van der Waals surface area contributed by atoms with Crippen LogP contribution in [0.3, 0.4) is 0 Å². The number of hydrogen-bond acceptors (Lipinski definition) is 4. The molecule has 2 atom stereocenters. The minimum Gasteiger partial charge on any atom is -0.480 e. The molecule has 1 aromatic rings. The van der Waals surface area contributed by atoms with Gasteiger partial charge in [0.2, 0.25) is 0 Å². The minimum absolute atomic E-state index is 0.0345. The standard InChI is InChI=1S/C11H11F3N2O3/c12-11(13,14)6-1-2-15-9(3-6)16-5-7(17)4-8(16)10(18)19/h1-3,7-8,17H,4-5H2,(H,18,19). The Kier molecular flexibility index (Phi) is 3.36. The van der Waals surface area contributed by atoms with Crippen molar-refractivity contribution in [2.45, 2.75) is 24.7 Å². The number of aromatic nitrogens is 1. The molecule has 0 bridgehead atoms. The van der Waals surface area contributed by atoms with Crippen LogP contribution in [0.2, 0.25) is 0 Å². The molecule has 1 aromatic heterocycles. The van der Waals surface area contributed by atoms with Crippen LogP contribution in [-0.4, -0.2) is 39.9 Å². The molecule has 0 aliphatic carbocycles. The first-order valence-corrected chi connectivity index (χ1v) is 5.50. The van der Waals surface area contributed by atoms with Crippen LogP contribution < -0.4 is 4.90 Å². The molecule has 0 saturated carbocycles. The van der Waals surface area contributed by atoms with Crippen LogP contribution in [0, 0.1) is 0 Å². The lowest BCUT2D eigenvalue weighted by Gasteiger charge is -2.22. The zero-order valence-electron chi connectivity index (χ0n) is 9.63. The van der Waals surface area contributed by atoms with Gasteiger partial charge in [-0.05, 0) is 12.1 Å². The summed E-state index contributed by atoms with van der Waals surface area (Å²) in [5, 5.41) is 18.4. The van der Waals surface area contributed by atoms with Crippen molar-refractivity contribution in [2.75, 3.05) is 11.4 Å². The molecule has 2 N–H and O–H groups in total. The van der Waals surface area contributed by atoms with Gasteiger partial charge in [0.1, 0.15) is 11.9 Å². The Morgan fingerprint density at radius 3 is 2.74 bits per heavy atom. The molecule has 1 fully saturated rings. The summed E-state index contributed by atoms with van der Waals surface area (Å²) in [5.41, 5.74) is -0.900. The Morgan fingerprint density at radius 1 is 1.47 bits per heavy atom. The fraction of sp³-hybridized carbons (Fsp3) is 0.455. The molecule has 0 amide bonds. The van der Waals surface area contributed by atoms with Crippen LogP contribution in [0.5, 0.6) is 0 Å². The summed E-state index contributed by atoms with van der Waals surface area (Å²) in [4.78, 5) is 15.9. The lowest BCUT2D eigenvalue weighted by molar-refractivity contribution is -0.138. The maximum atomic E-state index is 12.6. The molecule has 1 aliphatic rings. The van der Waals surface area contributed by atoms with Crippen molar-refractivity contribution in [3.05, 3.63) is 23.9 Å². The number of anilines is 1. The number of rotatable bonds is 2. The number of carboxylic acid groups (broad SMARTS) is 1. The van der Waals surface area contributed by atoms with Crippen molar-refractivity contribution in [3.8, 4) is 0 Å². The second-order valence-electron chi connectivity index (χ2n) is 4.30. The topological polar surface area (TPSA) is 73.7 Å². The van der Waals surface area contributed by atoms with Crippen molar-refractivity contribution >= 4 is 11.8 Å². The number of aliphatic hydroxyl groups is 1. The minimum atomic E-state index is -4.52. The highest BCUT2D eigenvalue weighted by Gasteiger charge is 2.38. The number of nitrogens with zero attached hydrogens (tertiary/aromatic N) is 2. The number of alkyl halides is 3. The molecule has 19 heavy (non-hydrogen) atoms. The van der Waals surface area contributed by atoms with Crippen molar-refractivity contribution in [1.82, 2.24) is 4.98 Å². The van der Waals surface area contributed by atoms with Gasteiger partial charge in [0.25, 0.3) is 0 Å². The number of halogens is 3. The molecule has 2 heterocycles. The van der Waals surface area contributed by atoms with Gasteiger partial charge in [-0.25, -0.2) is 9.78 Å². The molecular formula is C11H11F3N2O3. The Balaban J connectivity index is 2.33. The molecule has 5 nitrogen and oxygen atoms in total.